The first-order valence-electron chi connectivity index (χ1n) is 7.06. The maximum absolute atomic E-state index is 11.3. The highest BCUT2D eigenvalue weighted by Crippen LogP contribution is 2.32. The van der Waals surface area contributed by atoms with Crippen molar-refractivity contribution in [2.75, 3.05) is 20.3 Å². The molecule has 0 radical (unpaired) electrons. The lowest BCUT2D eigenvalue weighted by molar-refractivity contribution is -0.122. The number of amides is 1. The molecule has 0 spiro atoms. The summed E-state index contributed by atoms with van der Waals surface area (Å²) in [5.41, 5.74) is 1.02. The number of carbonyl (C=O) groups excluding carboxylic acids is 1. The van der Waals surface area contributed by atoms with Gasteiger partial charge in [-0.05, 0) is 25.8 Å². The predicted octanol–water partition coefficient (Wildman–Crippen LogP) is 1.46. The second-order valence-electron chi connectivity index (χ2n) is 4.79. The zero-order valence-electron chi connectivity index (χ0n) is 12.1. The van der Waals surface area contributed by atoms with Gasteiger partial charge in [0.25, 0.3) is 5.91 Å². The molecule has 0 aliphatic heterocycles. The molecule has 1 aliphatic carbocycles. The topological polar surface area (TPSA) is 59.6 Å². The summed E-state index contributed by atoms with van der Waals surface area (Å²) in [6, 6.07) is 6.43. The van der Waals surface area contributed by atoms with E-state index in [0.717, 1.165) is 12.1 Å². The summed E-state index contributed by atoms with van der Waals surface area (Å²) in [4.78, 5) is 11.3. The molecule has 110 valence electrons. The normalized spacial score (nSPS) is 13.9. The van der Waals surface area contributed by atoms with Gasteiger partial charge in [-0.1, -0.05) is 12.1 Å². The van der Waals surface area contributed by atoms with Gasteiger partial charge in [0.1, 0.15) is 0 Å². The van der Waals surface area contributed by atoms with Gasteiger partial charge in [0, 0.05) is 25.2 Å². The molecule has 1 aromatic carbocycles. The Morgan fingerprint density at radius 1 is 1.35 bits per heavy atom. The molecule has 20 heavy (non-hydrogen) atoms. The van der Waals surface area contributed by atoms with E-state index in [2.05, 4.69) is 10.6 Å². The molecule has 0 bridgehead atoms. The van der Waals surface area contributed by atoms with E-state index in [1.807, 2.05) is 25.1 Å². The lowest BCUT2D eigenvalue weighted by Gasteiger charge is -2.16. The van der Waals surface area contributed by atoms with Gasteiger partial charge in [-0.2, -0.15) is 0 Å². The summed E-state index contributed by atoms with van der Waals surface area (Å²) in [5.74, 6) is 1.19. The Balaban J connectivity index is 2.09. The standard InChI is InChI=1S/C15H22N2O3/c1-3-19-13-6-4-5-11(9-17-12-7-8-12)15(13)20-10-14(18)16-2/h4-6,12,17H,3,7-10H2,1-2H3,(H,16,18). The third kappa shape index (κ3) is 4.13. The molecule has 0 heterocycles. The van der Waals surface area contributed by atoms with Crippen LogP contribution in [0, 0.1) is 0 Å². The highest BCUT2D eigenvalue weighted by Gasteiger charge is 2.21. The first-order chi connectivity index (χ1) is 9.74. The first kappa shape index (κ1) is 14.7. The van der Waals surface area contributed by atoms with Gasteiger partial charge < -0.3 is 20.1 Å². The number of likely N-dealkylation sites (N-methyl/N-ethyl adjacent to an activating group) is 1. The average molecular weight is 278 g/mol. The molecular formula is C15H22N2O3. The van der Waals surface area contributed by atoms with Gasteiger partial charge in [-0.3, -0.25) is 4.79 Å². The molecule has 1 aliphatic rings. The highest BCUT2D eigenvalue weighted by molar-refractivity contribution is 5.77. The third-order valence-electron chi connectivity index (χ3n) is 3.15. The Morgan fingerprint density at radius 3 is 2.80 bits per heavy atom. The van der Waals surface area contributed by atoms with Crippen LogP contribution < -0.4 is 20.1 Å². The Kier molecular flexibility index (Phi) is 5.24. The van der Waals surface area contributed by atoms with Crippen LogP contribution in [0.4, 0.5) is 0 Å². The van der Waals surface area contributed by atoms with Crippen molar-refractivity contribution in [2.24, 2.45) is 0 Å². The maximum Gasteiger partial charge on any atom is 0.257 e. The molecular weight excluding hydrogens is 256 g/mol. The first-order valence-corrected chi connectivity index (χ1v) is 7.06. The Labute approximate surface area is 119 Å². The lowest BCUT2D eigenvalue weighted by Crippen LogP contribution is -2.25. The van der Waals surface area contributed by atoms with Crippen molar-refractivity contribution in [1.82, 2.24) is 10.6 Å². The van der Waals surface area contributed by atoms with Crippen molar-refractivity contribution in [3.8, 4) is 11.5 Å². The quantitative estimate of drug-likeness (QED) is 0.756. The second-order valence-corrected chi connectivity index (χ2v) is 4.79. The number of ether oxygens (including phenoxy) is 2. The van der Waals surface area contributed by atoms with Crippen LogP contribution >= 0.6 is 0 Å². The largest absolute Gasteiger partial charge is 0.490 e. The molecule has 1 saturated carbocycles. The molecule has 2 rings (SSSR count). The summed E-state index contributed by atoms with van der Waals surface area (Å²) in [7, 11) is 1.59. The number of carbonyl (C=O) groups is 1. The van der Waals surface area contributed by atoms with Gasteiger partial charge in [0.2, 0.25) is 0 Å². The van der Waals surface area contributed by atoms with Gasteiger partial charge in [0.05, 0.1) is 6.61 Å². The van der Waals surface area contributed by atoms with Gasteiger partial charge in [-0.15, -0.1) is 0 Å². The fourth-order valence-electron chi connectivity index (χ4n) is 1.89. The number of para-hydroxylation sites is 1. The third-order valence-corrected chi connectivity index (χ3v) is 3.15. The molecule has 1 amide bonds. The number of hydrogen-bond donors (Lipinski definition) is 2. The lowest BCUT2D eigenvalue weighted by atomic mass is 10.2. The second kappa shape index (κ2) is 7.14. The number of hydrogen-bond acceptors (Lipinski definition) is 4. The molecule has 1 aromatic rings. The van der Waals surface area contributed by atoms with Crippen molar-refractivity contribution >= 4 is 5.91 Å². The molecule has 5 nitrogen and oxygen atoms in total. The Hall–Kier alpha value is -1.75. The monoisotopic (exact) mass is 278 g/mol. The van der Waals surface area contributed by atoms with E-state index < -0.39 is 0 Å². The van der Waals surface area contributed by atoms with E-state index in [-0.39, 0.29) is 12.5 Å². The zero-order chi connectivity index (χ0) is 14.4. The molecule has 5 heteroatoms. The van der Waals surface area contributed by atoms with Crippen molar-refractivity contribution in [2.45, 2.75) is 32.4 Å². The Bertz CT molecular complexity index is 458. The predicted molar refractivity (Wildman–Crippen MR) is 77.0 cm³/mol. The minimum absolute atomic E-state index is 0.00296. The summed E-state index contributed by atoms with van der Waals surface area (Å²) in [5, 5.41) is 5.99. The van der Waals surface area contributed by atoms with Crippen LogP contribution in [-0.4, -0.2) is 32.2 Å². The van der Waals surface area contributed by atoms with Crippen LogP contribution in [0.15, 0.2) is 18.2 Å². The van der Waals surface area contributed by atoms with Crippen molar-refractivity contribution in [3.05, 3.63) is 23.8 Å². The van der Waals surface area contributed by atoms with Crippen LogP contribution in [-0.2, 0) is 11.3 Å². The summed E-state index contributed by atoms with van der Waals surface area (Å²) in [6.45, 7) is 3.22. The molecule has 1 fully saturated rings. The van der Waals surface area contributed by atoms with E-state index >= 15 is 0 Å². The summed E-state index contributed by atoms with van der Waals surface area (Å²) >= 11 is 0. The minimum atomic E-state index is -0.155. The molecule has 0 aromatic heterocycles. The van der Waals surface area contributed by atoms with Crippen molar-refractivity contribution < 1.29 is 14.3 Å². The highest BCUT2D eigenvalue weighted by atomic mass is 16.5. The minimum Gasteiger partial charge on any atom is -0.490 e. The van der Waals surface area contributed by atoms with Crippen LogP contribution in [0.2, 0.25) is 0 Å². The maximum atomic E-state index is 11.3. The Morgan fingerprint density at radius 2 is 2.15 bits per heavy atom. The fourth-order valence-corrected chi connectivity index (χ4v) is 1.89. The average Bonchev–Trinajstić information content (AvgIpc) is 3.28. The van der Waals surface area contributed by atoms with E-state index in [9.17, 15) is 4.79 Å². The SMILES string of the molecule is CCOc1cccc(CNC2CC2)c1OCC(=O)NC. The van der Waals surface area contributed by atoms with Gasteiger partial charge in [0.15, 0.2) is 18.1 Å². The molecule has 0 saturated heterocycles. The number of benzene rings is 1. The van der Waals surface area contributed by atoms with Crippen molar-refractivity contribution in [1.29, 1.82) is 0 Å². The van der Waals surface area contributed by atoms with Crippen LogP contribution in [0.5, 0.6) is 11.5 Å². The van der Waals surface area contributed by atoms with E-state index in [0.29, 0.717) is 24.1 Å². The number of nitrogens with one attached hydrogen (secondary N) is 2. The van der Waals surface area contributed by atoms with Crippen molar-refractivity contribution in [3.63, 3.8) is 0 Å². The molecule has 0 atom stereocenters. The van der Waals surface area contributed by atoms with E-state index in [1.54, 1.807) is 7.05 Å². The van der Waals surface area contributed by atoms with Crippen LogP contribution in [0.25, 0.3) is 0 Å². The fraction of sp³-hybridized carbons (Fsp3) is 0.533. The molecule has 0 unspecified atom stereocenters. The van der Waals surface area contributed by atoms with Gasteiger partial charge in [-0.25, -0.2) is 0 Å². The summed E-state index contributed by atoms with van der Waals surface area (Å²) in [6.07, 6.45) is 2.47. The van der Waals surface area contributed by atoms with Crippen LogP contribution in [0.1, 0.15) is 25.3 Å². The molecule has 2 N–H and O–H groups in total. The number of rotatable bonds is 8. The summed E-state index contributed by atoms with van der Waals surface area (Å²) < 4.78 is 11.2. The van der Waals surface area contributed by atoms with E-state index in [4.69, 9.17) is 9.47 Å². The smallest absolute Gasteiger partial charge is 0.257 e. The zero-order valence-corrected chi connectivity index (χ0v) is 12.1. The van der Waals surface area contributed by atoms with Gasteiger partial charge >= 0.3 is 0 Å². The van der Waals surface area contributed by atoms with E-state index in [1.165, 1.54) is 12.8 Å². The van der Waals surface area contributed by atoms with Crippen LogP contribution in [0.3, 0.4) is 0 Å².